The highest BCUT2D eigenvalue weighted by molar-refractivity contribution is 6.34. The number of ether oxygens (including phenoxy) is 2. The Labute approximate surface area is 126 Å². The van der Waals surface area contributed by atoms with E-state index in [9.17, 15) is 4.79 Å². The summed E-state index contributed by atoms with van der Waals surface area (Å²) < 4.78 is 16.3. The highest BCUT2D eigenvalue weighted by atomic mass is 35.5. The van der Waals surface area contributed by atoms with Gasteiger partial charge in [-0.3, -0.25) is 4.79 Å². The predicted octanol–water partition coefficient (Wildman–Crippen LogP) is 3.66. The van der Waals surface area contributed by atoms with Crippen LogP contribution in [0.3, 0.4) is 0 Å². The van der Waals surface area contributed by atoms with E-state index in [2.05, 4.69) is 5.32 Å². The third kappa shape index (κ3) is 2.83. The van der Waals surface area contributed by atoms with Gasteiger partial charge in [-0.15, -0.1) is 0 Å². The zero-order valence-electron chi connectivity index (χ0n) is 11.4. The first-order chi connectivity index (χ1) is 10.1. The average Bonchev–Trinajstić information content (AvgIpc) is 2.75. The van der Waals surface area contributed by atoms with Gasteiger partial charge < -0.3 is 19.2 Å². The molecule has 0 bridgehead atoms. The fourth-order valence-corrected chi connectivity index (χ4v) is 2.27. The lowest BCUT2D eigenvalue weighted by Gasteiger charge is -2.12. The fraction of sp³-hybridized carbons (Fsp3) is 0.267. The number of hydrogen-bond donors (Lipinski definition) is 1. The van der Waals surface area contributed by atoms with Crippen molar-refractivity contribution < 1.29 is 18.7 Å². The Morgan fingerprint density at radius 2 is 1.95 bits per heavy atom. The van der Waals surface area contributed by atoms with Gasteiger partial charge in [0.05, 0.1) is 30.2 Å². The van der Waals surface area contributed by atoms with Crippen molar-refractivity contribution in [1.29, 1.82) is 0 Å². The van der Waals surface area contributed by atoms with Crippen molar-refractivity contribution in [3.8, 4) is 11.5 Å². The van der Waals surface area contributed by atoms with Crippen molar-refractivity contribution in [3.05, 3.63) is 40.8 Å². The number of nitrogens with one attached hydrogen (secondary N) is 1. The lowest BCUT2D eigenvalue weighted by Crippen LogP contribution is -2.12. The van der Waals surface area contributed by atoms with Gasteiger partial charge >= 0.3 is 0 Å². The van der Waals surface area contributed by atoms with Crippen LogP contribution in [0.4, 0.5) is 5.69 Å². The Balaban J connectivity index is 1.87. The van der Waals surface area contributed by atoms with E-state index in [0.29, 0.717) is 35.4 Å². The Hall–Kier alpha value is -2.14. The van der Waals surface area contributed by atoms with E-state index in [-0.39, 0.29) is 11.7 Å². The standard InChI is InChI=1S/C15H14ClNO4/c1-9-3-6-21-14(9)15(18)17-11-8-13-12(7-10(11)16)19-4-2-5-20-13/h3,6-8H,2,4-5H2,1H3,(H,17,18). The topological polar surface area (TPSA) is 60.7 Å². The summed E-state index contributed by atoms with van der Waals surface area (Å²) in [6, 6.07) is 5.04. The van der Waals surface area contributed by atoms with E-state index < -0.39 is 0 Å². The molecule has 6 heteroatoms. The molecule has 0 unspecified atom stereocenters. The fourth-order valence-electron chi connectivity index (χ4n) is 2.06. The van der Waals surface area contributed by atoms with Gasteiger partial charge in [-0.25, -0.2) is 0 Å². The van der Waals surface area contributed by atoms with Gasteiger partial charge in [-0.05, 0) is 13.0 Å². The molecular weight excluding hydrogens is 294 g/mol. The number of benzene rings is 1. The molecule has 1 aromatic heterocycles. The van der Waals surface area contributed by atoms with Gasteiger partial charge in [0.25, 0.3) is 5.91 Å². The Morgan fingerprint density at radius 3 is 2.62 bits per heavy atom. The summed E-state index contributed by atoms with van der Waals surface area (Å²) >= 11 is 6.18. The van der Waals surface area contributed by atoms with Crippen molar-refractivity contribution in [2.24, 2.45) is 0 Å². The number of anilines is 1. The lowest BCUT2D eigenvalue weighted by atomic mass is 10.2. The summed E-state index contributed by atoms with van der Waals surface area (Å²) in [5.74, 6) is 1.07. The molecule has 3 rings (SSSR count). The van der Waals surface area contributed by atoms with Crippen LogP contribution < -0.4 is 14.8 Å². The third-order valence-electron chi connectivity index (χ3n) is 3.15. The minimum atomic E-state index is -0.353. The molecule has 2 heterocycles. The van der Waals surface area contributed by atoms with Crippen molar-refractivity contribution >= 4 is 23.2 Å². The smallest absolute Gasteiger partial charge is 0.291 e. The maximum absolute atomic E-state index is 12.1. The molecule has 0 atom stereocenters. The van der Waals surface area contributed by atoms with E-state index in [1.54, 1.807) is 25.1 Å². The number of carbonyl (C=O) groups is 1. The highest BCUT2D eigenvalue weighted by Crippen LogP contribution is 2.37. The van der Waals surface area contributed by atoms with E-state index in [1.165, 1.54) is 6.26 Å². The molecule has 5 nitrogen and oxygen atoms in total. The Bertz CT molecular complexity index is 680. The molecule has 0 saturated carbocycles. The van der Waals surface area contributed by atoms with Crippen LogP contribution in [0.1, 0.15) is 22.5 Å². The molecule has 1 aliphatic heterocycles. The number of amides is 1. The van der Waals surface area contributed by atoms with Gasteiger partial charge in [-0.1, -0.05) is 11.6 Å². The minimum Gasteiger partial charge on any atom is -0.490 e. The molecule has 1 N–H and O–H groups in total. The molecule has 0 fully saturated rings. The molecule has 21 heavy (non-hydrogen) atoms. The summed E-state index contributed by atoms with van der Waals surface area (Å²) in [6.07, 6.45) is 2.28. The maximum Gasteiger partial charge on any atom is 0.291 e. The number of fused-ring (bicyclic) bond motifs is 1. The number of aryl methyl sites for hydroxylation is 1. The van der Waals surface area contributed by atoms with Gasteiger partial charge in [0, 0.05) is 24.1 Å². The number of furan rings is 1. The number of carbonyl (C=O) groups excluding carboxylic acids is 1. The molecule has 0 saturated heterocycles. The quantitative estimate of drug-likeness (QED) is 0.920. The second-order valence-corrected chi connectivity index (χ2v) is 5.12. The first-order valence-electron chi connectivity index (χ1n) is 6.60. The summed E-state index contributed by atoms with van der Waals surface area (Å²) in [5, 5.41) is 3.11. The normalized spacial score (nSPS) is 13.6. The summed E-state index contributed by atoms with van der Waals surface area (Å²) in [5.41, 5.74) is 1.22. The molecule has 2 aromatic rings. The predicted molar refractivity (Wildman–Crippen MR) is 78.5 cm³/mol. The maximum atomic E-state index is 12.1. The Morgan fingerprint density at radius 1 is 1.24 bits per heavy atom. The summed E-state index contributed by atoms with van der Waals surface area (Å²) in [6.45, 7) is 2.95. The van der Waals surface area contributed by atoms with Crippen LogP contribution >= 0.6 is 11.6 Å². The van der Waals surface area contributed by atoms with E-state index >= 15 is 0 Å². The highest BCUT2D eigenvalue weighted by Gasteiger charge is 2.18. The van der Waals surface area contributed by atoms with Crippen LogP contribution in [0.15, 0.2) is 28.9 Å². The molecule has 0 spiro atoms. The van der Waals surface area contributed by atoms with Crippen LogP contribution in [0.25, 0.3) is 0 Å². The molecule has 1 aliphatic rings. The number of halogens is 1. The van der Waals surface area contributed by atoms with Crippen LogP contribution in [0, 0.1) is 6.92 Å². The average molecular weight is 308 g/mol. The Kier molecular flexibility index (Phi) is 3.75. The summed E-state index contributed by atoms with van der Waals surface area (Å²) in [4.78, 5) is 12.1. The van der Waals surface area contributed by atoms with Gasteiger partial charge in [0.2, 0.25) is 0 Å². The molecule has 110 valence electrons. The summed E-state index contributed by atoms with van der Waals surface area (Å²) in [7, 11) is 0. The number of rotatable bonds is 2. The van der Waals surface area contributed by atoms with Crippen LogP contribution in [0.5, 0.6) is 11.5 Å². The van der Waals surface area contributed by atoms with Crippen molar-refractivity contribution in [2.45, 2.75) is 13.3 Å². The number of hydrogen-bond acceptors (Lipinski definition) is 4. The van der Waals surface area contributed by atoms with Crippen LogP contribution in [-0.2, 0) is 0 Å². The SMILES string of the molecule is Cc1ccoc1C(=O)Nc1cc2c(cc1Cl)OCCCO2. The third-order valence-corrected chi connectivity index (χ3v) is 3.47. The van der Waals surface area contributed by atoms with Crippen molar-refractivity contribution in [3.63, 3.8) is 0 Å². The van der Waals surface area contributed by atoms with Gasteiger partial charge in [-0.2, -0.15) is 0 Å². The van der Waals surface area contributed by atoms with Gasteiger partial charge in [0.15, 0.2) is 17.3 Å². The van der Waals surface area contributed by atoms with Gasteiger partial charge in [0.1, 0.15) is 0 Å². The van der Waals surface area contributed by atoms with E-state index in [1.807, 2.05) is 0 Å². The largest absolute Gasteiger partial charge is 0.490 e. The molecule has 1 aromatic carbocycles. The van der Waals surface area contributed by atoms with E-state index in [4.69, 9.17) is 25.5 Å². The van der Waals surface area contributed by atoms with Crippen molar-refractivity contribution in [1.82, 2.24) is 0 Å². The zero-order valence-corrected chi connectivity index (χ0v) is 12.2. The van der Waals surface area contributed by atoms with Crippen LogP contribution in [0.2, 0.25) is 5.02 Å². The second kappa shape index (κ2) is 5.69. The first-order valence-corrected chi connectivity index (χ1v) is 6.97. The minimum absolute atomic E-state index is 0.262. The van der Waals surface area contributed by atoms with Crippen molar-refractivity contribution in [2.75, 3.05) is 18.5 Å². The molecule has 0 aliphatic carbocycles. The molecular formula is C15H14ClNO4. The molecule has 0 radical (unpaired) electrons. The lowest BCUT2D eigenvalue weighted by molar-refractivity contribution is 0.0996. The van der Waals surface area contributed by atoms with Crippen LogP contribution in [-0.4, -0.2) is 19.1 Å². The van der Waals surface area contributed by atoms with E-state index in [0.717, 1.165) is 12.0 Å². The monoisotopic (exact) mass is 307 g/mol. The first kappa shape index (κ1) is 13.8. The molecule has 1 amide bonds. The second-order valence-electron chi connectivity index (χ2n) is 4.72. The zero-order chi connectivity index (χ0) is 14.8.